The van der Waals surface area contributed by atoms with Crippen LogP contribution in [0.4, 0.5) is 0 Å². The standard InChI is InChI=1S/C21H23ClN2O2/c22-18-8-6-16(7-9-18)15-23-10-3-11-24(13-12-23)21(25)20-14-17-4-1-2-5-19(17)26-20/h1-2,4-9,20H,3,10-15H2. The van der Waals surface area contributed by atoms with Gasteiger partial charge in [-0.05, 0) is 35.7 Å². The first kappa shape index (κ1) is 17.4. The molecule has 0 aromatic heterocycles. The van der Waals surface area contributed by atoms with E-state index in [4.69, 9.17) is 16.3 Å². The first-order valence-corrected chi connectivity index (χ1v) is 9.57. The minimum Gasteiger partial charge on any atom is -0.480 e. The van der Waals surface area contributed by atoms with E-state index in [1.165, 1.54) is 5.56 Å². The van der Waals surface area contributed by atoms with Crippen molar-refractivity contribution in [1.29, 1.82) is 0 Å². The van der Waals surface area contributed by atoms with E-state index in [-0.39, 0.29) is 12.0 Å². The maximum absolute atomic E-state index is 12.9. The third kappa shape index (κ3) is 3.87. The second kappa shape index (κ2) is 7.68. The molecule has 26 heavy (non-hydrogen) atoms. The van der Waals surface area contributed by atoms with E-state index in [0.717, 1.165) is 55.5 Å². The molecule has 4 rings (SSSR count). The van der Waals surface area contributed by atoms with Gasteiger partial charge in [-0.1, -0.05) is 41.9 Å². The van der Waals surface area contributed by atoms with Crippen LogP contribution in [-0.2, 0) is 17.8 Å². The highest BCUT2D eigenvalue weighted by Gasteiger charge is 2.32. The fourth-order valence-corrected chi connectivity index (χ4v) is 3.85. The van der Waals surface area contributed by atoms with Crippen LogP contribution in [0.15, 0.2) is 48.5 Å². The Hall–Kier alpha value is -2.04. The molecule has 1 atom stereocenters. The number of hydrogen-bond donors (Lipinski definition) is 0. The van der Waals surface area contributed by atoms with Crippen molar-refractivity contribution in [3.63, 3.8) is 0 Å². The lowest BCUT2D eigenvalue weighted by molar-refractivity contribution is -0.137. The number of ether oxygens (including phenoxy) is 1. The predicted octanol–water partition coefficient (Wildman–Crippen LogP) is 3.38. The maximum atomic E-state index is 12.9. The number of nitrogens with zero attached hydrogens (tertiary/aromatic N) is 2. The van der Waals surface area contributed by atoms with Gasteiger partial charge in [-0.2, -0.15) is 0 Å². The number of benzene rings is 2. The predicted molar refractivity (Wildman–Crippen MR) is 102 cm³/mol. The van der Waals surface area contributed by atoms with E-state index in [0.29, 0.717) is 6.42 Å². The molecule has 0 aliphatic carbocycles. The fourth-order valence-electron chi connectivity index (χ4n) is 3.72. The van der Waals surface area contributed by atoms with Crippen molar-refractivity contribution >= 4 is 17.5 Å². The average molecular weight is 371 g/mol. The van der Waals surface area contributed by atoms with Gasteiger partial charge in [0.1, 0.15) is 5.75 Å². The third-order valence-corrected chi connectivity index (χ3v) is 5.39. The average Bonchev–Trinajstić information content (AvgIpc) is 2.96. The van der Waals surface area contributed by atoms with E-state index in [1.807, 2.05) is 41.3 Å². The second-order valence-electron chi connectivity index (χ2n) is 7.00. The molecule has 1 fully saturated rings. The summed E-state index contributed by atoms with van der Waals surface area (Å²) in [6, 6.07) is 15.9. The number of rotatable bonds is 3. The molecule has 0 saturated carbocycles. The fraction of sp³-hybridized carbons (Fsp3) is 0.381. The van der Waals surface area contributed by atoms with Crippen LogP contribution in [0, 0.1) is 0 Å². The SMILES string of the molecule is O=C(C1Cc2ccccc2O1)N1CCCN(Cc2ccc(Cl)cc2)CC1. The summed E-state index contributed by atoms with van der Waals surface area (Å²) in [7, 11) is 0. The van der Waals surface area contributed by atoms with Crippen molar-refractivity contribution < 1.29 is 9.53 Å². The highest BCUT2D eigenvalue weighted by molar-refractivity contribution is 6.30. The van der Waals surface area contributed by atoms with Crippen LogP contribution < -0.4 is 4.74 Å². The van der Waals surface area contributed by atoms with Gasteiger partial charge in [0, 0.05) is 44.2 Å². The number of carbonyl (C=O) groups excluding carboxylic acids is 1. The van der Waals surface area contributed by atoms with Gasteiger partial charge in [0.05, 0.1) is 0 Å². The zero-order valence-corrected chi connectivity index (χ0v) is 15.5. The monoisotopic (exact) mass is 370 g/mol. The molecule has 0 spiro atoms. The van der Waals surface area contributed by atoms with Gasteiger partial charge in [-0.25, -0.2) is 0 Å². The molecule has 4 nitrogen and oxygen atoms in total. The number of para-hydroxylation sites is 1. The van der Waals surface area contributed by atoms with Gasteiger partial charge in [0.25, 0.3) is 5.91 Å². The molecule has 2 aliphatic heterocycles. The van der Waals surface area contributed by atoms with Crippen LogP contribution in [0.5, 0.6) is 5.75 Å². The van der Waals surface area contributed by atoms with Gasteiger partial charge in [-0.15, -0.1) is 0 Å². The number of halogens is 1. The zero-order chi connectivity index (χ0) is 17.9. The Morgan fingerprint density at radius 2 is 1.85 bits per heavy atom. The molecule has 2 heterocycles. The van der Waals surface area contributed by atoms with Crippen molar-refractivity contribution in [2.24, 2.45) is 0 Å². The molecular weight excluding hydrogens is 348 g/mol. The number of fused-ring (bicyclic) bond motifs is 1. The molecule has 0 N–H and O–H groups in total. The van der Waals surface area contributed by atoms with Crippen LogP contribution in [0.3, 0.4) is 0 Å². The molecule has 136 valence electrons. The Labute approximate surface area is 159 Å². The molecule has 1 unspecified atom stereocenters. The molecular formula is C21H23ClN2O2. The molecule has 2 aromatic rings. The van der Waals surface area contributed by atoms with Crippen molar-refractivity contribution in [2.45, 2.75) is 25.5 Å². The Kier molecular flexibility index (Phi) is 5.14. The summed E-state index contributed by atoms with van der Waals surface area (Å²) in [5, 5.41) is 0.763. The van der Waals surface area contributed by atoms with Crippen molar-refractivity contribution in [1.82, 2.24) is 9.80 Å². The molecule has 5 heteroatoms. The van der Waals surface area contributed by atoms with Crippen LogP contribution in [0.1, 0.15) is 17.5 Å². The normalized spacial score (nSPS) is 20.3. The number of carbonyl (C=O) groups is 1. The summed E-state index contributed by atoms with van der Waals surface area (Å²) < 4.78 is 5.88. The van der Waals surface area contributed by atoms with Gasteiger partial charge in [0.15, 0.2) is 6.10 Å². The lowest BCUT2D eigenvalue weighted by Crippen LogP contribution is -2.43. The smallest absolute Gasteiger partial charge is 0.264 e. The van der Waals surface area contributed by atoms with Crippen molar-refractivity contribution in [3.05, 3.63) is 64.7 Å². The summed E-state index contributed by atoms with van der Waals surface area (Å²) in [6.07, 6.45) is 1.30. The van der Waals surface area contributed by atoms with Gasteiger partial charge in [0.2, 0.25) is 0 Å². The first-order valence-electron chi connectivity index (χ1n) is 9.19. The summed E-state index contributed by atoms with van der Waals surface area (Å²) in [5.74, 6) is 0.972. The van der Waals surface area contributed by atoms with E-state index in [2.05, 4.69) is 17.0 Å². The van der Waals surface area contributed by atoms with E-state index in [1.54, 1.807) is 0 Å². The van der Waals surface area contributed by atoms with Crippen LogP contribution >= 0.6 is 11.6 Å². The summed E-state index contributed by atoms with van der Waals surface area (Å²) >= 11 is 5.96. The van der Waals surface area contributed by atoms with E-state index < -0.39 is 0 Å². The second-order valence-corrected chi connectivity index (χ2v) is 7.44. The first-order chi connectivity index (χ1) is 12.7. The van der Waals surface area contributed by atoms with Crippen LogP contribution in [0.2, 0.25) is 5.02 Å². The Bertz CT molecular complexity index is 753. The largest absolute Gasteiger partial charge is 0.480 e. The van der Waals surface area contributed by atoms with E-state index in [9.17, 15) is 4.79 Å². The Balaban J connectivity index is 1.33. The quantitative estimate of drug-likeness (QED) is 0.830. The van der Waals surface area contributed by atoms with Gasteiger partial charge in [-0.3, -0.25) is 9.69 Å². The molecule has 2 aliphatic rings. The highest BCUT2D eigenvalue weighted by atomic mass is 35.5. The summed E-state index contributed by atoms with van der Waals surface area (Å²) in [4.78, 5) is 17.3. The topological polar surface area (TPSA) is 32.8 Å². The lowest BCUT2D eigenvalue weighted by Gasteiger charge is -2.24. The van der Waals surface area contributed by atoms with Crippen LogP contribution in [-0.4, -0.2) is 48.0 Å². The molecule has 0 radical (unpaired) electrons. The summed E-state index contributed by atoms with van der Waals surface area (Å²) in [5.41, 5.74) is 2.38. The zero-order valence-electron chi connectivity index (χ0n) is 14.7. The lowest BCUT2D eigenvalue weighted by atomic mass is 10.1. The van der Waals surface area contributed by atoms with Gasteiger partial charge < -0.3 is 9.64 Å². The maximum Gasteiger partial charge on any atom is 0.264 e. The minimum absolute atomic E-state index is 0.120. The Morgan fingerprint density at radius 3 is 2.65 bits per heavy atom. The Morgan fingerprint density at radius 1 is 1.04 bits per heavy atom. The highest BCUT2D eigenvalue weighted by Crippen LogP contribution is 2.29. The minimum atomic E-state index is -0.366. The molecule has 1 amide bonds. The number of amides is 1. The van der Waals surface area contributed by atoms with Crippen molar-refractivity contribution in [2.75, 3.05) is 26.2 Å². The third-order valence-electron chi connectivity index (χ3n) is 5.14. The molecule has 0 bridgehead atoms. The van der Waals surface area contributed by atoms with Crippen LogP contribution in [0.25, 0.3) is 0 Å². The molecule has 2 aromatic carbocycles. The van der Waals surface area contributed by atoms with Gasteiger partial charge >= 0.3 is 0 Å². The number of hydrogen-bond acceptors (Lipinski definition) is 3. The van der Waals surface area contributed by atoms with E-state index >= 15 is 0 Å². The summed E-state index contributed by atoms with van der Waals surface area (Å²) in [6.45, 7) is 4.32. The molecule has 1 saturated heterocycles. The van der Waals surface area contributed by atoms with Crippen molar-refractivity contribution in [3.8, 4) is 5.75 Å².